The first kappa shape index (κ1) is 20.9. The lowest BCUT2D eigenvalue weighted by Gasteiger charge is -2.29. The zero-order valence-corrected chi connectivity index (χ0v) is 18.2. The van der Waals surface area contributed by atoms with Crippen LogP contribution in [-0.2, 0) is 17.7 Å². The molecule has 5 rings (SSSR count). The Morgan fingerprint density at radius 1 is 1.30 bits per heavy atom. The number of pyridine rings is 1. The third kappa shape index (κ3) is 3.88. The molecule has 0 amide bonds. The topological polar surface area (TPSA) is 88.2 Å². The zero-order chi connectivity index (χ0) is 23.1. The molecule has 8 heteroatoms. The number of hydrogen-bond acceptors (Lipinski definition) is 7. The molecule has 0 fully saturated rings. The lowest BCUT2D eigenvalue weighted by Crippen LogP contribution is -2.31. The molecule has 2 aromatic heterocycles. The molecule has 0 saturated carbocycles. The van der Waals surface area contributed by atoms with Crippen molar-refractivity contribution in [2.24, 2.45) is 4.99 Å². The highest BCUT2D eigenvalue weighted by molar-refractivity contribution is 6.21. The third-order valence-corrected chi connectivity index (χ3v) is 5.62. The lowest BCUT2D eigenvalue weighted by molar-refractivity contribution is 0.0375. The van der Waals surface area contributed by atoms with Crippen molar-refractivity contribution in [2.75, 3.05) is 11.4 Å². The van der Waals surface area contributed by atoms with Crippen molar-refractivity contribution < 1.29 is 23.4 Å². The second kappa shape index (κ2) is 8.20. The van der Waals surface area contributed by atoms with Gasteiger partial charge in [0.2, 0.25) is 5.88 Å². The number of aromatic nitrogens is 1. The van der Waals surface area contributed by atoms with Crippen molar-refractivity contribution in [3.05, 3.63) is 70.4 Å². The summed E-state index contributed by atoms with van der Waals surface area (Å²) in [5.74, 6) is -0.429. The number of carbonyl (C=O) groups is 1. The molecule has 0 bridgehead atoms. The van der Waals surface area contributed by atoms with Crippen LogP contribution in [0.4, 0.5) is 16.1 Å². The van der Waals surface area contributed by atoms with Gasteiger partial charge < -0.3 is 19.2 Å². The van der Waals surface area contributed by atoms with Gasteiger partial charge in [0.15, 0.2) is 22.9 Å². The summed E-state index contributed by atoms with van der Waals surface area (Å²) < 4.78 is 25.2. The highest BCUT2D eigenvalue weighted by Gasteiger charge is 2.32. The number of aromatic hydroxyl groups is 1. The van der Waals surface area contributed by atoms with Gasteiger partial charge >= 0.3 is 5.97 Å². The van der Waals surface area contributed by atoms with E-state index >= 15 is 0 Å². The number of furan rings is 1. The fraction of sp³-hybridized carbons (Fsp3) is 0.240. The van der Waals surface area contributed by atoms with E-state index in [9.17, 15) is 14.3 Å². The molecule has 1 N–H and O–H groups in total. The van der Waals surface area contributed by atoms with E-state index in [1.807, 2.05) is 11.0 Å². The number of allylic oxidation sites excluding steroid dienone is 1. The summed E-state index contributed by atoms with van der Waals surface area (Å²) in [4.78, 5) is 23.2. The van der Waals surface area contributed by atoms with Crippen molar-refractivity contribution in [3.8, 4) is 5.75 Å². The van der Waals surface area contributed by atoms with Crippen LogP contribution in [0.25, 0.3) is 11.6 Å². The number of ether oxygens (including phenoxy) is 1. The molecule has 2 aliphatic heterocycles. The summed E-state index contributed by atoms with van der Waals surface area (Å²) in [6, 6.07) is 8.37. The molecule has 0 aliphatic carbocycles. The van der Waals surface area contributed by atoms with Gasteiger partial charge in [-0.3, -0.25) is 0 Å². The van der Waals surface area contributed by atoms with E-state index in [-0.39, 0.29) is 34.9 Å². The number of esters is 1. The maximum absolute atomic E-state index is 13.8. The predicted octanol–water partition coefficient (Wildman–Crippen LogP) is 4.90. The largest absolute Gasteiger partial charge is 0.504 e. The minimum Gasteiger partial charge on any atom is -0.504 e. The Balaban J connectivity index is 1.57. The molecule has 2 aliphatic rings. The van der Waals surface area contributed by atoms with Gasteiger partial charge in [0.1, 0.15) is 5.82 Å². The van der Waals surface area contributed by atoms with Crippen LogP contribution in [0.2, 0.25) is 0 Å². The third-order valence-electron chi connectivity index (χ3n) is 5.62. The summed E-state index contributed by atoms with van der Waals surface area (Å²) in [7, 11) is 0. The van der Waals surface area contributed by atoms with Crippen LogP contribution in [0, 0.1) is 5.82 Å². The highest BCUT2D eigenvalue weighted by Crippen LogP contribution is 2.41. The molecule has 0 radical (unpaired) electrons. The lowest BCUT2D eigenvalue weighted by atomic mass is 9.99. The SMILES string of the molecule is CC(C)OC(=O)c1c(N2CCc3ccc(F)cc3C2)oc(C=C2C=Nc3ncccc32)c1O. The number of nitrogens with zero attached hydrogens (tertiary/aromatic N) is 3. The van der Waals surface area contributed by atoms with Crippen LogP contribution in [0.15, 0.2) is 45.9 Å². The molecule has 7 nitrogen and oxygen atoms in total. The second-order valence-electron chi connectivity index (χ2n) is 8.27. The van der Waals surface area contributed by atoms with E-state index in [4.69, 9.17) is 9.15 Å². The average molecular weight is 447 g/mol. The van der Waals surface area contributed by atoms with E-state index in [0.717, 1.165) is 16.7 Å². The summed E-state index contributed by atoms with van der Waals surface area (Å²) in [5, 5.41) is 11.0. The summed E-state index contributed by atoms with van der Waals surface area (Å²) in [6.45, 7) is 4.34. The number of rotatable bonds is 4. The number of carbonyl (C=O) groups excluding carboxylic acids is 1. The Labute approximate surface area is 189 Å². The highest BCUT2D eigenvalue weighted by atomic mass is 19.1. The summed E-state index contributed by atoms with van der Waals surface area (Å²) >= 11 is 0. The van der Waals surface area contributed by atoms with Crippen LogP contribution < -0.4 is 4.90 Å². The van der Waals surface area contributed by atoms with Crippen molar-refractivity contribution in [1.29, 1.82) is 0 Å². The molecule has 0 atom stereocenters. The molecule has 4 heterocycles. The number of fused-ring (bicyclic) bond motifs is 2. The van der Waals surface area contributed by atoms with Gasteiger partial charge in [-0.25, -0.2) is 19.2 Å². The molecule has 33 heavy (non-hydrogen) atoms. The van der Waals surface area contributed by atoms with Gasteiger partial charge in [-0.2, -0.15) is 0 Å². The molecule has 0 saturated heterocycles. The number of hydrogen-bond donors (Lipinski definition) is 1. The van der Waals surface area contributed by atoms with Gasteiger partial charge in [-0.15, -0.1) is 0 Å². The Kier molecular flexibility index (Phi) is 5.20. The smallest absolute Gasteiger partial charge is 0.347 e. The van der Waals surface area contributed by atoms with E-state index in [2.05, 4.69) is 9.98 Å². The maximum Gasteiger partial charge on any atom is 0.347 e. The molecule has 3 aromatic rings. The standard InChI is InChI=1S/C25H22FN3O4/c1-14(2)32-25(31)21-22(30)20(11-16-12-28-23-19(16)4-3-8-27-23)33-24(21)29-9-7-15-5-6-18(26)10-17(15)13-29/h3-6,8,10-12,14,30H,7,9,13H2,1-2H3. The van der Waals surface area contributed by atoms with Gasteiger partial charge in [0.25, 0.3) is 0 Å². The van der Waals surface area contributed by atoms with Crippen LogP contribution in [0.3, 0.4) is 0 Å². The van der Waals surface area contributed by atoms with E-state index in [0.29, 0.717) is 30.9 Å². The van der Waals surface area contributed by atoms with Crippen molar-refractivity contribution >= 4 is 35.5 Å². The second-order valence-corrected chi connectivity index (χ2v) is 8.27. The minimum absolute atomic E-state index is 0.0447. The summed E-state index contributed by atoms with van der Waals surface area (Å²) in [5.41, 5.74) is 3.30. The van der Waals surface area contributed by atoms with Gasteiger partial charge in [-0.05, 0) is 61.7 Å². The normalized spacial score (nSPS) is 15.8. The fourth-order valence-electron chi connectivity index (χ4n) is 4.09. The zero-order valence-electron chi connectivity index (χ0n) is 18.2. The quantitative estimate of drug-likeness (QED) is 0.572. The predicted molar refractivity (Wildman–Crippen MR) is 122 cm³/mol. The minimum atomic E-state index is -0.682. The Morgan fingerprint density at radius 3 is 2.97 bits per heavy atom. The first-order chi connectivity index (χ1) is 15.9. The van der Waals surface area contributed by atoms with Gasteiger partial charge in [0, 0.05) is 36.6 Å². The van der Waals surface area contributed by atoms with Crippen LogP contribution >= 0.6 is 0 Å². The Morgan fingerprint density at radius 2 is 2.15 bits per heavy atom. The average Bonchev–Trinajstić information content (AvgIpc) is 3.34. The van der Waals surface area contributed by atoms with Crippen LogP contribution in [0.1, 0.15) is 46.7 Å². The Hall–Kier alpha value is -3.94. The van der Waals surface area contributed by atoms with Crippen molar-refractivity contribution in [3.63, 3.8) is 0 Å². The Bertz CT molecular complexity index is 1310. The fourth-order valence-corrected chi connectivity index (χ4v) is 4.09. The number of anilines is 1. The number of benzene rings is 1. The van der Waals surface area contributed by atoms with Crippen molar-refractivity contribution in [1.82, 2.24) is 4.98 Å². The monoisotopic (exact) mass is 447 g/mol. The van der Waals surface area contributed by atoms with Crippen LogP contribution in [0.5, 0.6) is 5.75 Å². The van der Waals surface area contributed by atoms with Crippen LogP contribution in [-0.4, -0.2) is 34.9 Å². The molecule has 168 valence electrons. The summed E-state index contributed by atoms with van der Waals surface area (Å²) in [6.07, 6.45) is 5.18. The first-order valence-corrected chi connectivity index (χ1v) is 10.7. The number of aliphatic imine (C=N–C) groups is 1. The van der Waals surface area contributed by atoms with Gasteiger partial charge in [0.05, 0.1) is 6.10 Å². The molecule has 1 aromatic carbocycles. The van der Waals surface area contributed by atoms with E-state index in [1.54, 1.807) is 44.5 Å². The molecule has 0 unspecified atom stereocenters. The maximum atomic E-state index is 13.8. The molecular formula is C25H22FN3O4. The van der Waals surface area contributed by atoms with Gasteiger partial charge in [-0.1, -0.05) is 6.07 Å². The molecule has 0 spiro atoms. The van der Waals surface area contributed by atoms with E-state index in [1.165, 1.54) is 12.1 Å². The number of halogens is 1. The first-order valence-electron chi connectivity index (χ1n) is 10.7. The van der Waals surface area contributed by atoms with E-state index < -0.39 is 5.97 Å². The van der Waals surface area contributed by atoms with Crippen molar-refractivity contribution in [2.45, 2.75) is 32.9 Å². The molecular weight excluding hydrogens is 425 g/mol.